The molecule has 1 aromatic heterocycles. The fraction of sp³-hybridized carbons (Fsp3) is 0.429. The molecule has 1 aromatic carbocycles. The van der Waals surface area contributed by atoms with Crippen molar-refractivity contribution in [1.82, 2.24) is 0 Å². The number of rotatable bonds is 5. The minimum atomic E-state index is 0.203. The molecule has 0 aliphatic heterocycles. The van der Waals surface area contributed by atoms with Gasteiger partial charge in [-0.05, 0) is 28.8 Å². The van der Waals surface area contributed by atoms with Gasteiger partial charge in [0.1, 0.15) is 0 Å². The van der Waals surface area contributed by atoms with Gasteiger partial charge in [-0.25, -0.2) is 0 Å². The Bertz CT molecular complexity index is 447. The van der Waals surface area contributed by atoms with Crippen molar-refractivity contribution >= 4 is 21.4 Å². The van der Waals surface area contributed by atoms with Crippen LogP contribution in [0.1, 0.15) is 44.2 Å². The van der Waals surface area contributed by atoms with Crippen LogP contribution in [0.5, 0.6) is 0 Å². The Kier molecular flexibility index (Phi) is 3.97. The minimum absolute atomic E-state index is 0.203. The predicted octanol–water partition coefficient (Wildman–Crippen LogP) is 4.48. The fourth-order valence-electron chi connectivity index (χ4n) is 2.08. The summed E-state index contributed by atoms with van der Waals surface area (Å²) in [7, 11) is 0. The van der Waals surface area contributed by atoms with Crippen LogP contribution in [0.3, 0.4) is 0 Å². The van der Waals surface area contributed by atoms with Crippen molar-refractivity contribution in [2.75, 3.05) is 0 Å². The second kappa shape index (κ2) is 5.46. The summed E-state index contributed by atoms with van der Waals surface area (Å²) in [5.41, 5.74) is 7.59. The van der Waals surface area contributed by atoms with Gasteiger partial charge in [-0.3, -0.25) is 0 Å². The van der Waals surface area contributed by atoms with Crippen LogP contribution in [0.2, 0.25) is 0 Å². The average molecular weight is 233 g/mol. The van der Waals surface area contributed by atoms with Crippen molar-refractivity contribution in [2.45, 2.75) is 38.6 Å². The molecule has 1 nitrogen and oxygen atoms in total. The number of thiophene rings is 1. The standard InChI is InChI=1S/C14H19NS/c1-2-3-4-8-13(15)12-7-5-6-11-9-10-16-14(11)12/h5-7,9-10,13H,2-4,8,15H2,1H3. The van der Waals surface area contributed by atoms with E-state index in [0.29, 0.717) is 0 Å². The molecule has 0 amide bonds. The van der Waals surface area contributed by atoms with Crippen LogP contribution in [0.25, 0.3) is 10.1 Å². The second-order valence-corrected chi connectivity index (χ2v) is 5.20. The van der Waals surface area contributed by atoms with Crippen molar-refractivity contribution in [3.8, 4) is 0 Å². The maximum atomic E-state index is 6.27. The molecule has 1 atom stereocenters. The van der Waals surface area contributed by atoms with Crippen molar-refractivity contribution in [3.63, 3.8) is 0 Å². The van der Waals surface area contributed by atoms with Gasteiger partial charge >= 0.3 is 0 Å². The fourth-order valence-corrected chi connectivity index (χ4v) is 3.06. The lowest BCUT2D eigenvalue weighted by molar-refractivity contribution is 0.584. The van der Waals surface area contributed by atoms with Gasteiger partial charge in [0.15, 0.2) is 0 Å². The Hall–Kier alpha value is -0.860. The number of unbranched alkanes of at least 4 members (excludes halogenated alkanes) is 2. The number of benzene rings is 1. The maximum Gasteiger partial charge on any atom is 0.0390 e. The molecule has 16 heavy (non-hydrogen) atoms. The van der Waals surface area contributed by atoms with E-state index < -0.39 is 0 Å². The first-order valence-corrected chi connectivity index (χ1v) is 6.92. The van der Waals surface area contributed by atoms with Crippen LogP contribution in [0, 0.1) is 0 Å². The highest BCUT2D eigenvalue weighted by molar-refractivity contribution is 7.17. The Morgan fingerprint density at radius 3 is 2.94 bits per heavy atom. The first kappa shape index (κ1) is 11.6. The molecular weight excluding hydrogens is 214 g/mol. The summed E-state index contributed by atoms with van der Waals surface area (Å²) in [4.78, 5) is 0. The number of nitrogens with two attached hydrogens (primary N) is 1. The third-order valence-electron chi connectivity index (χ3n) is 3.03. The molecule has 2 rings (SSSR count). The largest absolute Gasteiger partial charge is 0.324 e. The van der Waals surface area contributed by atoms with Gasteiger partial charge in [-0.1, -0.05) is 44.4 Å². The van der Waals surface area contributed by atoms with Gasteiger partial charge in [-0.15, -0.1) is 11.3 Å². The molecular formula is C14H19NS. The second-order valence-electron chi connectivity index (χ2n) is 4.29. The van der Waals surface area contributed by atoms with E-state index >= 15 is 0 Å². The minimum Gasteiger partial charge on any atom is -0.324 e. The van der Waals surface area contributed by atoms with E-state index in [1.165, 1.54) is 34.9 Å². The van der Waals surface area contributed by atoms with Crippen LogP contribution >= 0.6 is 11.3 Å². The molecule has 0 bridgehead atoms. The Morgan fingerprint density at radius 2 is 2.12 bits per heavy atom. The molecule has 1 unspecified atom stereocenters. The van der Waals surface area contributed by atoms with E-state index in [1.54, 1.807) is 11.3 Å². The highest BCUT2D eigenvalue weighted by Gasteiger charge is 2.09. The summed E-state index contributed by atoms with van der Waals surface area (Å²) < 4.78 is 1.37. The van der Waals surface area contributed by atoms with Crippen LogP contribution in [-0.2, 0) is 0 Å². The molecule has 1 heterocycles. The van der Waals surface area contributed by atoms with E-state index in [0.717, 1.165) is 6.42 Å². The predicted molar refractivity (Wildman–Crippen MR) is 72.9 cm³/mol. The van der Waals surface area contributed by atoms with Crippen LogP contribution in [-0.4, -0.2) is 0 Å². The third-order valence-corrected chi connectivity index (χ3v) is 4.01. The molecule has 0 saturated carbocycles. The normalized spacial score (nSPS) is 13.1. The van der Waals surface area contributed by atoms with Crippen molar-refractivity contribution in [3.05, 3.63) is 35.2 Å². The van der Waals surface area contributed by atoms with E-state index in [9.17, 15) is 0 Å². The highest BCUT2D eigenvalue weighted by Crippen LogP contribution is 2.30. The third kappa shape index (κ3) is 2.45. The Balaban J connectivity index is 2.15. The molecule has 2 aromatic rings. The SMILES string of the molecule is CCCCCC(N)c1cccc2ccsc12. The first-order chi connectivity index (χ1) is 7.83. The number of hydrogen-bond donors (Lipinski definition) is 1. The van der Waals surface area contributed by atoms with E-state index in [1.807, 2.05) is 0 Å². The molecule has 0 fully saturated rings. The van der Waals surface area contributed by atoms with Crippen LogP contribution in [0.15, 0.2) is 29.6 Å². The molecule has 0 radical (unpaired) electrons. The molecule has 0 spiro atoms. The van der Waals surface area contributed by atoms with Crippen LogP contribution < -0.4 is 5.73 Å². The smallest absolute Gasteiger partial charge is 0.0390 e. The van der Waals surface area contributed by atoms with Crippen molar-refractivity contribution in [1.29, 1.82) is 0 Å². The maximum absolute atomic E-state index is 6.27. The van der Waals surface area contributed by atoms with Gasteiger partial charge in [0.25, 0.3) is 0 Å². The summed E-state index contributed by atoms with van der Waals surface area (Å²) in [5.74, 6) is 0. The lowest BCUT2D eigenvalue weighted by Gasteiger charge is -2.12. The summed E-state index contributed by atoms with van der Waals surface area (Å²) >= 11 is 1.80. The van der Waals surface area contributed by atoms with Gasteiger partial charge in [-0.2, -0.15) is 0 Å². The summed E-state index contributed by atoms with van der Waals surface area (Å²) in [6.07, 6.45) is 4.88. The zero-order valence-electron chi connectivity index (χ0n) is 9.78. The zero-order valence-corrected chi connectivity index (χ0v) is 10.6. The lowest BCUT2D eigenvalue weighted by Crippen LogP contribution is -2.10. The molecule has 0 aliphatic rings. The van der Waals surface area contributed by atoms with Gasteiger partial charge in [0, 0.05) is 10.7 Å². The Labute approximate surface area is 101 Å². The van der Waals surface area contributed by atoms with E-state index in [4.69, 9.17) is 5.73 Å². The lowest BCUT2D eigenvalue weighted by atomic mass is 10.0. The van der Waals surface area contributed by atoms with E-state index in [-0.39, 0.29) is 6.04 Å². The van der Waals surface area contributed by atoms with Crippen molar-refractivity contribution < 1.29 is 0 Å². The number of fused-ring (bicyclic) bond motifs is 1. The molecule has 0 saturated heterocycles. The summed E-state index contributed by atoms with van der Waals surface area (Å²) in [5, 5.41) is 3.47. The van der Waals surface area contributed by atoms with Gasteiger partial charge < -0.3 is 5.73 Å². The average Bonchev–Trinajstić information content (AvgIpc) is 2.76. The topological polar surface area (TPSA) is 26.0 Å². The molecule has 86 valence electrons. The first-order valence-electron chi connectivity index (χ1n) is 6.04. The monoisotopic (exact) mass is 233 g/mol. The highest BCUT2D eigenvalue weighted by atomic mass is 32.1. The van der Waals surface area contributed by atoms with Gasteiger partial charge in [0.2, 0.25) is 0 Å². The summed E-state index contributed by atoms with van der Waals surface area (Å²) in [6, 6.07) is 8.82. The van der Waals surface area contributed by atoms with Crippen LogP contribution in [0.4, 0.5) is 0 Å². The molecule has 2 N–H and O–H groups in total. The Morgan fingerprint density at radius 1 is 1.25 bits per heavy atom. The van der Waals surface area contributed by atoms with Gasteiger partial charge in [0.05, 0.1) is 0 Å². The number of hydrogen-bond acceptors (Lipinski definition) is 2. The van der Waals surface area contributed by atoms with Crippen molar-refractivity contribution in [2.24, 2.45) is 5.73 Å². The molecule has 2 heteroatoms. The molecule has 0 aliphatic carbocycles. The van der Waals surface area contributed by atoms with E-state index in [2.05, 4.69) is 36.6 Å². The zero-order chi connectivity index (χ0) is 11.4. The summed E-state index contributed by atoms with van der Waals surface area (Å²) in [6.45, 7) is 2.23. The quantitative estimate of drug-likeness (QED) is 0.757.